The summed E-state index contributed by atoms with van der Waals surface area (Å²) in [6.45, 7) is 3.47. The number of aromatic amines is 1. The summed E-state index contributed by atoms with van der Waals surface area (Å²) in [5.41, 5.74) is 4.15. The fourth-order valence-corrected chi connectivity index (χ4v) is 4.98. The number of carbonyl (C=O) groups is 2. The highest BCUT2D eigenvalue weighted by Crippen LogP contribution is 2.31. The number of carbonyl (C=O) groups excluding carboxylic acids is 2. The Morgan fingerprint density at radius 1 is 1.03 bits per heavy atom. The van der Waals surface area contributed by atoms with E-state index in [1.807, 2.05) is 15.9 Å². The molecular formula is C23H28N4O3. The molecule has 0 saturated carbocycles. The van der Waals surface area contributed by atoms with Gasteiger partial charge in [0.25, 0.3) is 11.8 Å². The molecule has 1 atom stereocenters. The first-order valence-corrected chi connectivity index (χ1v) is 11.0. The van der Waals surface area contributed by atoms with Gasteiger partial charge < -0.3 is 14.5 Å². The van der Waals surface area contributed by atoms with Crippen LogP contribution in [-0.2, 0) is 22.5 Å². The summed E-state index contributed by atoms with van der Waals surface area (Å²) in [5, 5.41) is 7.29. The molecule has 4 heterocycles. The maximum absolute atomic E-state index is 13.3. The Labute approximate surface area is 176 Å². The van der Waals surface area contributed by atoms with Gasteiger partial charge in [0.15, 0.2) is 0 Å². The van der Waals surface area contributed by atoms with Gasteiger partial charge in [0.05, 0.1) is 17.5 Å². The second kappa shape index (κ2) is 8.22. The van der Waals surface area contributed by atoms with Gasteiger partial charge >= 0.3 is 0 Å². The molecule has 1 aromatic carbocycles. The molecule has 7 nitrogen and oxygen atoms in total. The maximum atomic E-state index is 13.3. The van der Waals surface area contributed by atoms with Gasteiger partial charge in [0, 0.05) is 38.7 Å². The number of nitrogens with one attached hydrogen (secondary N) is 1. The fraction of sp³-hybridized carbons (Fsp3) is 0.522. The van der Waals surface area contributed by atoms with Crippen molar-refractivity contribution in [2.24, 2.45) is 0 Å². The third-order valence-corrected chi connectivity index (χ3v) is 6.74. The van der Waals surface area contributed by atoms with Crippen LogP contribution in [0, 0.1) is 0 Å². The molecule has 3 aliphatic heterocycles. The maximum Gasteiger partial charge on any atom is 0.257 e. The molecule has 2 aromatic rings. The smallest absolute Gasteiger partial charge is 0.257 e. The van der Waals surface area contributed by atoms with Crippen LogP contribution in [-0.4, -0.2) is 64.2 Å². The number of hydrogen-bond donors (Lipinski definition) is 1. The van der Waals surface area contributed by atoms with E-state index in [9.17, 15) is 9.59 Å². The van der Waals surface area contributed by atoms with Crippen LogP contribution in [0.2, 0.25) is 0 Å². The number of H-pyrrole nitrogens is 1. The Bertz CT molecular complexity index is 926. The summed E-state index contributed by atoms with van der Waals surface area (Å²) in [4.78, 5) is 29.7. The number of rotatable bonds is 3. The van der Waals surface area contributed by atoms with E-state index in [2.05, 4.69) is 28.4 Å². The van der Waals surface area contributed by atoms with Gasteiger partial charge in [-0.2, -0.15) is 5.10 Å². The zero-order valence-electron chi connectivity index (χ0n) is 17.2. The second-order valence-corrected chi connectivity index (χ2v) is 8.54. The zero-order valence-corrected chi connectivity index (χ0v) is 17.2. The van der Waals surface area contributed by atoms with E-state index in [1.54, 1.807) is 6.20 Å². The quantitative estimate of drug-likeness (QED) is 0.846. The first-order chi connectivity index (χ1) is 14.7. The molecule has 0 bridgehead atoms. The lowest BCUT2D eigenvalue weighted by Gasteiger charge is -2.33. The monoisotopic (exact) mass is 408 g/mol. The summed E-state index contributed by atoms with van der Waals surface area (Å²) in [7, 11) is 0. The average Bonchev–Trinajstić information content (AvgIpc) is 3.50. The number of fused-ring (bicyclic) bond motifs is 1. The van der Waals surface area contributed by atoms with Crippen LogP contribution in [0.4, 0.5) is 0 Å². The highest BCUT2D eigenvalue weighted by Gasteiger charge is 2.33. The molecule has 158 valence electrons. The van der Waals surface area contributed by atoms with Crippen molar-refractivity contribution in [3.05, 3.63) is 52.8 Å². The lowest BCUT2D eigenvalue weighted by molar-refractivity contribution is -0.142. The summed E-state index contributed by atoms with van der Waals surface area (Å²) in [5.74, 6) is 0.391. The summed E-state index contributed by atoms with van der Waals surface area (Å²) in [6, 6.07) is 8.33. The Kier molecular flexibility index (Phi) is 5.29. The Hall–Kier alpha value is -2.67. The minimum Gasteiger partial charge on any atom is -0.368 e. The number of benzene rings is 1. The van der Waals surface area contributed by atoms with Crippen LogP contribution in [0.5, 0.6) is 0 Å². The van der Waals surface area contributed by atoms with E-state index >= 15 is 0 Å². The van der Waals surface area contributed by atoms with Crippen LogP contribution >= 0.6 is 0 Å². The Morgan fingerprint density at radius 2 is 1.83 bits per heavy atom. The van der Waals surface area contributed by atoms with Crippen molar-refractivity contribution in [1.82, 2.24) is 20.0 Å². The SMILES string of the molecule is O=C(c1cn[nH]c1C1CCN(C(=O)C2CCCO2)CC1)N1CCc2ccccc2C1. The number of likely N-dealkylation sites (tertiary alicyclic amines) is 1. The van der Waals surface area contributed by atoms with Crippen molar-refractivity contribution in [2.45, 2.75) is 50.7 Å². The van der Waals surface area contributed by atoms with Gasteiger partial charge in [-0.3, -0.25) is 14.7 Å². The van der Waals surface area contributed by atoms with Gasteiger partial charge in [0.1, 0.15) is 6.10 Å². The molecule has 0 aliphatic carbocycles. The van der Waals surface area contributed by atoms with Crippen LogP contribution in [0.25, 0.3) is 0 Å². The van der Waals surface area contributed by atoms with Crippen molar-refractivity contribution in [1.29, 1.82) is 0 Å². The third-order valence-electron chi connectivity index (χ3n) is 6.74. The molecule has 0 spiro atoms. The fourth-order valence-electron chi connectivity index (χ4n) is 4.98. The molecule has 2 fully saturated rings. The predicted octanol–water partition coefficient (Wildman–Crippen LogP) is 2.49. The zero-order chi connectivity index (χ0) is 20.5. The molecule has 2 amide bonds. The van der Waals surface area contributed by atoms with Crippen LogP contribution < -0.4 is 0 Å². The Morgan fingerprint density at radius 3 is 2.60 bits per heavy atom. The van der Waals surface area contributed by atoms with E-state index in [0.717, 1.165) is 44.3 Å². The lowest BCUT2D eigenvalue weighted by Crippen LogP contribution is -2.43. The second-order valence-electron chi connectivity index (χ2n) is 8.54. The molecule has 1 aromatic heterocycles. The van der Waals surface area contributed by atoms with Gasteiger partial charge in [-0.1, -0.05) is 24.3 Å². The van der Waals surface area contributed by atoms with Crippen molar-refractivity contribution < 1.29 is 14.3 Å². The molecule has 30 heavy (non-hydrogen) atoms. The van der Waals surface area contributed by atoms with Crippen molar-refractivity contribution in [3.63, 3.8) is 0 Å². The lowest BCUT2D eigenvalue weighted by atomic mass is 9.90. The number of nitrogens with zero attached hydrogens (tertiary/aromatic N) is 3. The first kappa shape index (κ1) is 19.3. The minimum atomic E-state index is -0.257. The minimum absolute atomic E-state index is 0.0473. The third kappa shape index (κ3) is 3.62. The predicted molar refractivity (Wildman–Crippen MR) is 111 cm³/mol. The molecule has 7 heteroatoms. The molecule has 0 radical (unpaired) electrons. The van der Waals surface area contributed by atoms with Gasteiger partial charge in [-0.15, -0.1) is 0 Å². The van der Waals surface area contributed by atoms with Crippen molar-refractivity contribution in [2.75, 3.05) is 26.2 Å². The number of ether oxygens (including phenoxy) is 1. The number of piperidine rings is 1. The summed E-state index contributed by atoms with van der Waals surface area (Å²) >= 11 is 0. The largest absolute Gasteiger partial charge is 0.368 e. The number of hydrogen-bond acceptors (Lipinski definition) is 4. The highest BCUT2D eigenvalue weighted by molar-refractivity contribution is 5.95. The number of aromatic nitrogens is 2. The molecular weight excluding hydrogens is 380 g/mol. The van der Waals surface area contributed by atoms with Crippen LogP contribution in [0.15, 0.2) is 30.5 Å². The van der Waals surface area contributed by atoms with Crippen LogP contribution in [0.3, 0.4) is 0 Å². The van der Waals surface area contributed by atoms with E-state index in [0.29, 0.717) is 31.8 Å². The standard InChI is InChI=1S/C23H28N4O3/c28-22(27-12-7-16-4-1-2-5-18(16)15-27)19-14-24-25-21(19)17-8-10-26(11-9-17)23(29)20-6-3-13-30-20/h1-2,4-5,14,17,20H,3,6-13,15H2,(H,24,25). The first-order valence-electron chi connectivity index (χ1n) is 11.0. The van der Waals surface area contributed by atoms with Crippen molar-refractivity contribution >= 4 is 11.8 Å². The molecule has 5 rings (SSSR count). The summed E-state index contributed by atoms with van der Waals surface area (Å²) < 4.78 is 5.55. The topological polar surface area (TPSA) is 78.5 Å². The van der Waals surface area contributed by atoms with Crippen molar-refractivity contribution in [3.8, 4) is 0 Å². The van der Waals surface area contributed by atoms with E-state index in [-0.39, 0.29) is 23.8 Å². The molecule has 2 saturated heterocycles. The average molecular weight is 409 g/mol. The Balaban J connectivity index is 1.24. The highest BCUT2D eigenvalue weighted by atomic mass is 16.5. The van der Waals surface area contributed by atoms with E-state index in [1.165, 1.54) is 11.1 Å². The molecule has 3 aliphatic rings. The van der Waals surface area contributed by atoms with Crippen LogP contribution in [0.1, 0.15) is 58.8 Å². The van der Waals surface area contributed by atoms with Gasteiger partial charge in [0.2, 0.25) is 0 Å². The van der Waals surface area contributed by atoms with Gasteiger partial charge in [-0.25, -0.2) is 0 Å². The van der Waals surface area contributed by atoms with Gasteiger partial charge in [-0.05, 0) is 43.2 Å². The molecule has 1 unspecified atom stereocenters. The normalized spacial score (nSPS) is 22.2. The van der Waals surface area contributed by atoms with E-state index in [4.69, 9.17) is 4.74 Å². The van der Waals surface area contributed by atoms with E-state index < -0.39 is 0 Å². The molecule has 1 N–H and O–H groups in total. The summed E-state index contributed by atoms with van der Waals surface area (Å²) in [6.07, 6.45) is 5.77. The number of amides is 2.